The van der Waals surface area contributed by atoms with Crippen molar-refractivity contribution in [3.63, 3.8) is 0 Å². The fourth-order valence-electron chi connectivity index (χ4n) is 6.68. The van der Waals surface area contributed by atoms with Crippen molar-refractivity contribution in [1.82, 2.24) is 16.0 Å². The van der Waals surface area contributed by atoms with Gasteiger partial charge in [-0.25, -0.2) is 4.39 Å². The quantitative estimate of drug-likeness (QED) is 0.0884. The topological polar surface area (TPSA) is 36.1 Å². The number of aryl methyl sites for hydroxylation is 2. The van der Waals surface area contributed by atoms with Gasteiger partial charge in [0.25, 0.3) is 0 Å². The summed E-state index contributed by atoms with van der Waals surface area (Å²) < 4.78 is 12.8. The van der Waals surface area contributed by atoms with Crippen LogP contribution in [-0.4, -0.2) is 18.6 Å². The molecule has 0 aromatic heterocycles. The monoisotopic (exact) mass is 816 g/mol. The zero-order valence-electron chi connectivity index (χ0n) is 39.4. The molecule has 4 heteroatoms. The van der Waals surface area contributed by atoms with Gasteiger partial charge in [0.05, 0.1) is 11.6 Å². The molecule has 3 nitrogen and oxygen atoms in total. The fourth-order valence-corrected chi connectivity index (χ4v) is 6.68. The Labute approximate surface area is 367 Å². The van der Waals surface area contributed by atoms with E-state index in [9.17, 15) is 4.39 Å². The van der Waals surface area contributed by atoms with Crippen LogP contribution in [0.15, 0.2) is 160 Å². The minimum Gasteiger partial charge on any atom is -0.379 e. The first-order chi connectivity index (χ1) is 28.4. The highest BCUT2D eigenvalue weighted by Gasteiger charge is 2.23. The highest BCUT2D eigenvalue weighted by atomic mass is 19.1. The molecule has 328 valence electrons. The van der Waals surface area contributed by atoms with Crippen molar-refractivity contribution in [3.8, 4) is 0 Å². The van der Waals surface area contributed by atoms with Crippen molar-refractivity contribution >= 4 is 5.57 Å². The number of hydrogen-bond donors (Lipinski definition) is 3. The molecule has 0 heterocycles. The molecule has 3 aromatic carbocycles. The first kappa shape index (κ1) is 53.3. The predicted molar refractivity (Wildman–Crippen MR) is 265 cm³/mol. The third-order valence-corrected chi connectivity index (χ3v) is 10.7. The van der Waals surface area contributed by atoms with E-state index in [2.05, 4.69) is 191 Å². The van der Waals surface area contributed by atoms with E-state index in [0.717, 1.165) is 41.9 Å². The van der Waals surface area contributed by atoms with Gasteiger partial charge in [-0.2, -0.15) is 0 Å². The van der Waals surface area contributed by atoms with Gasteiger partial charge in [0.1, 0.15) is 5.82 Å². The molecule has 3 atom stereocenters. The second-order valence-electron chi connectivity index (χ2n) is 18.1. The minimum absolute atomic E-state index is 0.0492. The summed E-state index contributed by atoms with van der Waals surface area (Å²) in [6.45, 7) is 42.4. The Morgan fingerprint density at radius 2 is 1.42 bits per heavy atom. The maximum Gasteiger partial charge on any atom is 0.123 e. The van der Waals surface area contributed by atoms with Crippen LogP contribution in [-0.2, 0) is 6.42 Å². The van der Waals surface area contributed by atoms with Crippen molar-refractivity contribution in [2.24, 2.45) is 17.3 Å². The molecule has 1 fully saturated rings. The Bertz CT molecular complexity index is 1740. The van der Waals surface area contributed by atoms with E-state index < -0.39 is 0 Å². The van der Waals surface area contributed by atoms with Gasteiger partial charge in [0.15, 0.2) is 0 Å². The van der Waals surface area contributed by atoms with Crippen LogP contribution < -0.4 is 16.0 Å². The van der Waals surface area contributed by atoms with E-state index in [4.69, 9.17) is 0 Å². The Morgan fingerprint density at radius 1 is 0.850 bits per heavy atom. The molecular weight excluding hydrogens is 734 g/mol. The van der Waals surface area contributed by atoms with E-state index in [1.165, 1.54) is 66.5 Å². The van der Waals surface area contributed by atoms with Crippen LogP contribution in [0.3, 0.4) is 0 Å². The summed E-state index contributed by atoms with van der Waals surface area (Å²) in [5.74, 6) is 1.00. The molecule has 3 N–H and O–H groups in total. The fraction of sp³-hybridized carbons (Fsp3) is 0.429. The lowest BCUT2D eigenvalue weighted by Crippen LogP contribution is -2.47. The Morgan fingerprint density at radius 3 is 1.93 bits per heavy atom. The molecule has 60 heavy (non-hydrogen) atoms. The third-order valence-electron chi connectivity index (χ3n) is 10.7. The van der Waals surface area contributed by atoms with Crippen LogP contribution in [0.2, 0.25) is 0 Å². The van der Waals surface area contributed by atoms with Crippen molar-refractivity contribution in [2.75, 3.05) is 7.05 Å². The van der Waals surface area contributed by atoms with Crippen LogP contribution in [0, 0.1) is 30.0 Å². The Balaban J connectivity index is 0.000000665. The molecule has 0 radical (unpaired) electrons. The van der Waals surface area contributed by atoms with Crippen molar-refractivity contribution < 1.29 is 4.39 Å². The van der Waals surface area contributed by atoms with Gasteiger partial charge < -0.3 is 16.0 Å². The zero-order valence-corrected chi connectivity index (χ0v) is 39.4. The smallest absolute Gasteiger partial charge is 0.123 e. The van der Waals surface area contributed by atoms with Crippen LogP contribution in [0.1, 0.15) is 129 Å². The average molecular weight is 816 g/mol. The highest BCUT2D eigenvalue weighted by Crippen LogP contribution is 2.34. The molecule has 0 amide bonds. The Hall–Kier alpha value is -4.67. The van der Waals surface area contributed by atoms with E-state index in [0.29, 0.717) is 17.3 Å². The molecule has 0 spiro atoms. The van der Waals surface area contributed by atoms with Crippen molar-refractivity contribution in [2.45, 2.75) is 131 Å². The number of allylic oxidation sites excluding steroid dienone is 5. The highest BCUT2D eigenvalue weighted by molar-refractivity contribution is 5.65. The molecule has 0 aliphatic heterocycles. The molecule has 3 unspecified atom stereocenters. The minimum atomic E-state index is -0.230. The molecule has 1 aliphatic carbocycles. The predicted octanol–water partition coefficient (Wildman–Crippen LogP) is 15.2. The summed E-state index contributed by atoms with van der Waals surface area (Å²) >= 11 is 0. The number of benzene rings is 3. The second kappa shape index (κ2) is 28.0. The number of nitrogens with one attached hydrogen (secondary N) is 3. The third kappa shape index (κ3) is 21.0. The van der Waals surface area contributed by atoms with Crippen LogP contribution in [0.5, 0.6) is 0 Å². The number of rotatable bonds is 18. The number of hydrogen-bond acceptors (Lipinski definition) is 3. The second-order valence-corrected chi connectivity index (χ2v) is 18.1. The van der Waals surface area contributed by atoms with Gasteiger partial charge in [-0.1, -0.05) is 164 Å². The molecular formula is C56H82FN3. The summed E-state index contributed by atoms with van der Waals surface area (Å²) in [6, 6.07) is 26.1. The first-order valence-electron chi connectivity index (χ1n) is 22.0. The molecule has 1 aliphatic rings. The van der Waals surface area contributed by atoms with Crippen molar-refractivity contribution in [1.29, 1.82) is 0 Å². The summed E-state index contributed by atoms with van der Waals surface area (Å²) in [4.78, 5) is 0. The lowest BCUT2D eigenvalue weighted by molar-refractivity contribution is 0.430. The SMILES string of the molecule is C=C.C=C(c1ccc(F)cc1)C1CCCCC1.C=CC(c1ccc(C)cc1)C(C)/C=C\C(=C/C)NC(=C)C(CCCc1ccccc1)NC(=C)C(C)(C)NC.CC(C)(C)C. The van der Waals surface area contributed by atoms with Crippen molar-refractivity contribution in [3.05, 3.63) is 188 Å². The van der Waals surface area contributed by atoms with Gasteiger partial charge >= 0.3 is 0 Å². The number of halogens is 1. The van der Waals surface area contributed by atoms with Gasteiger partial charge in [-0.3, -0.25) is 0 Å². The first-order valence-corrected chi connectivity index (χ1v) is 22.0. The molecule has 3 aromatic rings. The van der Waals surface area contributed by atoms with Gasteiger partial charge in [-0.05, 0) is 125 Å². The lowest BCUT2D eigenvalue weighted by Gasteiger charge is -2.32. The largest absolute Gasteiger partial charge is 0.379 e. The molecule has 0 saturated heterocycles. The molecule has 4 rings (SSSR count). The zero-order chi connectivity index (χ0) is 45.3. The van der Waals surface area contributed by atoms with Crippen LogP contribution in [0.4, 0.5) is 4.39 Å². The standard InChI is InChI=1S/C35H49N3.C14H17F.C5H12.C2H4/c1-10-32(25-22-27(4)33(11-2)31-23-20-26(3)21-24-31)37-28(5)34(38-29(6)35(7,8)36-9)19-15-18-30-16-13-12-14-17-30;1-11(12-5-3-2-4-6-12)13-7-9-14(15)10-8-13;1-5(2,3)4;1-2/h10-14,16-17,20-25,27,33-34,36-38H,2,5-6,15,18-19H2,1,3-4,7-9H3;7-10,12H,1-6H2;1-4H3;1-2H2/b25-22-,32-10+;;;. The molecule has 1 saturated carbocycles. The summed E-state index contributed by atoms with van der Waals surface area (Å²) in [6.07, 6.45) is 18.0. The van der Waals surface area contributed by atoms with E-state index in [1.54, 1.807) is 0 Å². The summed E-state index contributed by atoms with van der Waals surface area (Å²) in [7, 11) is 1.96. The summed E-state index contributed by atoms with van der Waals surface area (Å²) in [5.41, 5.74) is 9.39. The van der Waals surface area contributed by atoms with Crippen LogP contribution >= 0.6 is 0 Å². The Kier molecular flexibility index (Phi) is 24.9. The van der Waals surface area contributed by atoms with Gasteiger partial charge in [0, 0.05) is 23.0 Å². The maximum absolute atomic E-state index is 12.8. The van der Waals surface area contributed by atoms with Gasteiger partial charge in [0.2, 0.25) is 0 Å². The average Bonchev–Trinajstić information content (AvgIpc) is 3.23. The van der Waals surface area contributed by atoms with E-state index >= 15 is 0 Å². The van der Waals surface area contributed by atoms with Crippen LogP contribution in [0.25, 0.3) is 5.57 Å². The normalized spacial score (nSPS) is 14.7. The van der Waals surface area contributed by atoms with E-state index in [1.807, 2.05) is 25.3 Å². The molecule has 0 bridgehead atoms. The maximum atomic E-state index is 12.8. The van der Waals surface area contributed by atoms with Gasteiger partial charge in [-0.15, -0.1) is 19.7 Å². The lowest BCUT2D eigenvalue weighted by atomic mass is 9.82. The summed E-state index contributed by atoms with van der Waals surface area (Å²) in [5, 5.41) is 10.6. The van der Waals surface area contributed by atoms with E-state index in [-0.39, 0.29) is 23.3 Å². The number of likely N-dealkylation sites (N-methyl/N-ethyl adjacent to an activating group) is 1.